The number of hydrogen-bond acceptors (Lipinski definition) is 10. The van der Waals surface area contributed by atoms with Gasteiger partial charge >= 0.3 is 17.9 Å². The van der Waals surface area contributed by atoms with Gasteiger partial charge in [0.05, 0.1) is 43.2 Å². The lowest BCUT2D eigenvalue weighted by Gasteiger charge is -2.24. The number of nitrogens with zero attached hydrogens (tertiary/aromatic N) is 1. The first-order valence-corrected chi connectivity index (χ1v) is 12.5. The molecular formula is C31H21NO9. The molecule has 0 N–H and O–H groups in total. The molecule has 0 radical (unpaired) electrons. The SMILES string of the molecule is COC(=O)c1cc(C(=O)OC)cc(-c2ccc([C@H]3CC(=O)Oc4ccc5c(c43)O/C(=C\c3cccnc3)C5=O)o2)c1. The molecule has 0 fully saturated rings. The number of methoxy groups -OCH3 is 2. The monoisotopic (exact) mass is 551 g/mol. The number of esters is 3. The first-order valence-electron chi connectivity index (χ1n) is 12.5. The Hall–Kier alpha value is -5.51. The fourth-order valence-electron chi connectivity index (χ4n) is 4.90. The Morgan fingerprint density at radius 1 is 0.951 bits per heavy atom. The van der Waals surface area contributed by atoms with Gasteiger partial charge in [-0.1, -0.05) is 6.07 Å². The summed E-state index contributed by atoms with van der Waals surface area (Å²) in [4.78, 5) is 54.3. The molecule has 2 aromatic heterocycles. The number of rotatable bonds is 5. The number of aromatic nitrogens is 1. The van der Waals surface area contributed by atoms with Gasteiger partial charge in [-0.25, -0.2) is 9.59 Å². The number of furan rings is 1. The quantitative estimate of drug-likeness (QED) is 0.190. The van der Waals surface area contributed by atoms with E-state index in [-0.39, 0.29) is 34.8 Å². The van der Waals surface area contributed by atoms with Crippen LogP contribution in [-0.4, -0.2) is 42.9 Å². The molecule has 0 amide bonds. The predicted octanol–water partition coefficient (Wildman–Crippen LogP) is 4.97. The highest BCUT2D eigenvalue weighted by atomic mass is 16.5. The largest absolute Gasteiger partial charge is 0.465 e. The molecule has 0 saturated carbocycles. The molecule has 0 spiro atoms. The minimum absolute atomic E-state index is 0.0643. The zero-order valence-electron chi connectivity index (χ0n) is 21.8. The Morgan fingerprint density at radius 2 is 1.71 bits per heavy atom. The number of carbonyl (C=O) groups is 4. The van der Waals surface area contributed by atoms with Crippen LogP contribution in [0, 0.1) is 0 Å². The molecule has 204 valence electrons. The summed E-state index contributed by atoms with van der Waals surface area (Å²) >= 11 is 0. The number of Topliss-reactive ketones (excluding diaryl/α,β-unsaturated/α-hetero) is 1. The van der Waals surface area contributed by atoms with Crippen molar-refractivity contribution in [3.8, 4) is 22.8 Å². The van der Waals surface area contributed by atoms with Crippen molar-refractivity contribution < 1.29 is 42.5 Å². The van der Waals surface area contributed by atoms with Crippen LogP contribution in [0.1, 0.15) is 60.3 Å². The molecule has 0 unspecified atom stereocenters. The normalized spacial score (nSPS) is 16.4. The van der Waals surface area contributed by atoms with Gasteiger partial charge in [-0.3, -0.25) is 14.6 Å². The molecule has 4 aromatic rings. The van der Waals surface area contributed by atoms with E-state index in [1.807, 2.05) is 0 Å². The maximum atomic E-state index is 13.2. The molecule has 4 heterocycles. The van der Waals surface area contributed by atoms with Crippen LogP contribution < -0.4 is 9.47 Å². The highest BCUT2D eigenvalue weighted by molar-refractivity contribution is 6.15. The van der Waals surface area contributed by atoms with Crippen LogP contribution in [0.2, 0.25) is 0 Å². The minimum atomic E-state index is -0.639. The topological polar surface area (TPSA) is 131 Å². The lowest BCUT2D eigenvalue weighted by Crippen LogP contribution is -2.21. The van der Waals surface area contributed by atoms with Crippen LogP contribution in [0.25, 0.3) is 17.4 Å². The van der Waals surface area contributed by atoms with Crippen molar-refractivity contribution in [1.82, 2.24) is 4.98 Å². The standard InChI is InChI=1S/C31H21NO9/c1-37-30(35)18-11-17(12-19(13-18)31(36)38-2)22-7-8-23(39-22)21-14-26(33)40-24-6-5-20-28(34)25(41-29(20)27(21)24)10-16-4-3-9-32-15-16/h3-13,15,21H,14H2,1-2H3/b25-10-/t21-/m1/s1. The van der Waals surface area contributed by atoms with E-state index in [2.05, 4.69) is 4.98 Å². The van der Waals surface area contributed by atoms with E-state index in [1.54, 1.807) is 54.9 Å². The van der Waals surface area contributed by atoms with Crippen LogP contribution in [0.5, 0.6) is 11.5 Å². The van der Waals surface area contributed by atoms with Gasteiger partial charge in [0.25, 0.3) is 0 Å². The lowest BCUT2D eigenvalue weighted by atomic mass is 9.88. The van der Waals surface area contributed by atoms with Gasteiger partial charge in [0.1, 0.15) is 23.0 Å². The van der Waals surface area contributed by atoms with Gasteiger partial charge in [-0.15, -0.1) is 0 Å². The summed E-state index contributed by atoms with van der Waals surface area (Å²) in [5, 5.41) is 0. The molecule has 6 rings (SSSR count). The van der Waals surface area contributed by atoms with Crippen LogP contribution >= 0.6 is 0 Å². The first kappa shape index (κ1) is 25.8. The number of allylic oxidation sites excluding steroid dienone is 1. The maximum Gasteiger partial charge on any atom is 0.337 e. The Kier molecular flexibility index (Phi) is 6.43. The van der Waals surface area contributed by atoms with E-state index in [1.165, 1.54) is 32.4 Å². The second kappa shape index (κ2) is 10.2. The van der Waals surface area contributed by atoms with Crippen molar-refractivity contribution in [3.05, 3.63) is 106 Å². The summed E-state index contributed by atoms with van der Waals surface area (Å²) in [5.74, 6) is -1.29. The number of fused-ring (bicyclic) bond motifs is 3. The molecule has 0 bridgehead atoms. The summed E-state index contributed by atoms with van der Waals surface area (Å²) < 4.78 is 27.4. The smallest absolute Gasteiger partial charge is 0.337 e. The molecule has 10 heteroatoms. The van der Waals surface area contributed by atoms with Crippen LogP contribution in [0.3, 0.4) is 0 Å². The Labute approximate surface area is 233 Å². The molecule has 1 atom stereocenters. The second-order valence-corrected chi connectivity index (χ2v) is 9.30. The number of carbonyl (C=O) groups excluding carboxylic acids is 4. The van der Waals surface area contributed by atoms with Crippen molar-refractivity contribution in [2.45, 2.75) is 12.3 Å². The third-order valence-corrected chi connectivity index (χ3v) is 6.79. The van der Waals surface area contributed by atoms with E-state index in [9.17, 15) is 19.2 Å². The minimum Gasteiger partial charge on any atom is -0.465 e. The van der Waals surface area contributed by atoms with Crippen molar-refractivity contribution in [1.29, 1.82) is 0 Å². The van der Waals surface area contributed by atoms with Gasteiger partial charge in [-0.2, -0.15) is 0 Å². The Balaban J connectivity index is 1.41. The van der Waals surface area contributed by atoms with E-state index < -0.39 is 23.8 Å². The van der Waals surface area contributed by atoms with Gasteiger partial charge in [0.15, 0.2) is 5.76 Å². The second-order valence-electron chi connectivity index (χ2n) is 9.30. The van der Waals surface area contributed by atoms with Crippen molar-refractivity contribution in [2.75, 3.05) is 14.2 Å². The predicted molar refractivity (Wildman–Crippen MR) is 143 cm³/mol. The number of hydrogen-bond donors (Lipinski definition) is 0. The van der Waals surface area contributed by atoms with Gasteiger partial charge in [0.2, 0.25) is 5.78 Å². The molecule has 2 aliphatic rings. The fraction of sp³-hybridized carbons (Fsp3) is 0.129. The highest BCUT2D eigenvalue weighted by Crippen LogP contribution is 2.49. The average molecular weight is 552 g/mol. The maximum absolute atomic E-state index is 13.2. The van der Waals surface area contributed by atoms with E-state index in [0.29, 0.717) is 39.5 Å². The Morgan fingerprint density at radius 3 is 2.39 bits per heavy atom. The van der Waals surface area contributed by atoms with E-state index in [4.69, 9.17) is 23.4 Å². The van der Waals surface area contributed by atoms with Crippen molar-refractivity contribution in [2.24, 2.45) is 0 Å². The molecule has 2 aromatic carbocycles. The molecule has 0 aliphatic carbocycles. The molecule has 0 saturated heterocycles. The number of ether oxygens (including phenoxy) is 4. The lowest BCUT2D eigenvalue weighted by molar-refractivity contribution is -0.135. The fourth-order valence-corrected chi connectivity index (χ4v) is 4.90. The average Bonchev–Trinajstić information content (AvgIpc) is 3.61. The van der Waals surface area contributed by atoms with Crippen molar-refractivity contribution >= 4 is 29.8 Å². The highest BCUT2D eigenvalue weighted by Gasteiger charge is 2.39. The van der Waals surface area contributed by atoms with Crippen molar-refractivity contribution in [3.63, 3.8) is 0 Å². The molecule has 2 aliphatic heterocycles. The Bertz CT molecular complexity index is 1730. The van der Waals surface area contributed by atoms with Crippen LogP contribution in [0.15, 0.2) is 77.2 Å². The molecule has 41 heavy (non-hydrogen) atoms. The van der Waals surface area contributed by atoms with Gasteiger partial charge in [-0.05, 0) is 60.2 Å². The zero-order valence-corrected chi connectivity index (χ0v) is 21.8. The van der Waals surface area contributed by atoms with Crippen LogP contribution in [-0.2, 0) is 14.3 Å². The zero-order chi connectivity index (χ0) is 28.7. The van der Waals surface area contributed by atoms with E-state index in [0.717, 1.165) is 0 Å². The summed E-state index contributed by atoms with van der Waals surface area (Å²) in [5.41, 5.74) is 2.22. The number of benzene rings is 2. The summed E-state index contributed by atoms with van der Waals surface area (Å²) in [6.07, 6.45) is 4.77. The van der Waals surface area contributed by atoms with Crippen LogP contribution in [0.4, 0.5) is 0 Å². The number of ketones is 1. The van der Waals surface area contributed by atoms with Gasteiger partial charge < -0.3 is 23.4 Å². The summed E-state index contributed by atoms with van der Waals surface area (Å²) in [7, 11) is 2.47. The summed E-state index contributed by atoms with van der Waals surface area (Å²) in [6.45, 7) is 0. The summed E-state index contributed by atoms with van der Waals surface area (Å²) in [6, 6.07) is 14.5. The number of pyridine rings is 1. The third kappa shape index (κ3) is 4.65. The van der Waals surface area contributed by atoms with Gasteiger partial charge in [0, 0.05) is 23.5 Å². The van der Waals surface area contributed by atoms with E-state index >= 15 is 0 Å². The molecular weight excluding hydrogens is 530 g/mol. The molecule has 10 nitrogen and oxygen atoms in total. The third-order valence-electron chi connectivity index (χ3n) is 6.79. The first-order chi connectivity index (χ1) is 19.9.